The maximum absolute atomic E-state index is 9.01. The summed E-state index contributed by atoms with van der Waals surface area (Å²) in [4.78, 5) is 104. The smallest absolute Gasteiger partial charge is 0.548 e. The number of nitrogens with zero attached hydrogens (tertiary/aromatic N) is 12. The largest absolute Gasteiger partial charge is 2.00 e. The predicted octanol–water partition coefficient (Wildman–Crippen LogP) is -2.22. The van der Waals surface area contributed by atoms with Crippen LogP contribution in [-0.2, 0) is 87.5 Å². The average Bonchev–Trinajstić information content (AvgIpc) is 0.831. The van der Waals surface area contributed by atoms with Gasteiger partial charge in [0.05, 0.1) is 115 Å². The van der Waals surface area contributed by atoms with Crippen LogP contribution in [0.25, 0.3) is 87.2 Å². The molecule has 12 rings (SSSR count). The van der Waals surface area contributed by atoms with Crippen molar-refractivity contribution in [2.75, 3.05) is 26.4 Å². The summed E-state index contributed by atoms with van der Waals surface area (Å²) in [5.74, 6) is -5.76. The first kappa shape index (κ1) is 105. The van der Waals surface area contributed by atoms with Crippen LogP contribution in [0.15, 0.2) is 195 Å². The maximum atomic E-state index is 9.01. The number of fused-ring (bicyclic) bond motifs is 12. The fourth-order valence-corrected chi connectivity index (χ4v) is 6.72. The Kier molecular flexibility index (Phi) is 62.8. The Bertz CT molecular complexity index is 3580. The normalized spacial score (nSPS) is 8.52. The molecule has 0 amide bonds. The molecule has 0 unspecified atom stereocenters. The number of aliphatic hydroxyl groups is 4. The van der Waals surface area contributed by atoms with Crippen molar-refractivity contribution in [1.29, 1.82) is 0 Å². The standard InChI is InChI=1S/4C12H8N2.4C2H4O3.4Cu.4NO3.4H2O/c4*1-3-9-5-6-10-4-2-8-14-12(10)11(9)13-7-1;4*3-1-2(4)5;;;;;4*2-1(3)4;;;;/h4*1-8H;4*3H,1H2,(H,4,5);;;;;;;;;4*1H2/q;;;;;;;;4*+2;4*-1;;;;/p-4. The summed E-state index contributed by atoms with van der Waals surface area (Å²) in [5, 5.41) is 134. The Labute approximate surface area is 601 Å². The summed E-state index contributed by atoms with van der Waals surface area (Å²) in [6.45, 7) is -3.56. The van der Waals surface area contributed by atoms with E-state index in [4.69, 9.17) is 121 Å². The Morgan fingerprint density at radius 3 is 0.400 bits per heavy atom. The van der Waals surface area contributed by atoms with Crippen molar-refractivity contribution >= 4 is 111 Å². The summed E-state index contributed by atoms with van der Waals surface area (Å²) in [5.41, 5.74) is 7.82. The van der Waals surface area contributed by atoms with Crippen molar-refractivity contribution in [3.63, 3.8) is 0 Å². The number of carbonyl (C=O) groups is 4. The van der Waals surface area contributed by atoms with Crippen LogP contribution in [0.1, 0.15) is 0 Å². The molecule has 0 aliphatic rings. The van der Waals surface area contributed by atoms with Crippen LogP contribution in [0.4, 0.5) is 0 Å². The molecule has 44 heteroatoms. The molecule has 4 radical (unpaired) electrons. The summed E-state index contributed by atoms with van der Waals surface area (Å²) in [6.07, 6.45) is 14.4. The first-order valence-corrected chi connectivity index (χ1v) is 24.6. The van der Waals surface area contributed by atoms with Gasteiger partial charge in [-0.15, -0.1) is 0 Å². The summed E-state index contributed by atoms with van der Waals surface area (Å²) in [7, 11) is 0. The van der Waals surface area contributed by atoms with E-state index in [0.717, 1.165) is 87.2 Å². The van der Waals surface area contributed by atoms with E-state index in [0.29, 0.717) is 0 Å². The van der Waals surface area contributed by atoms with Gasteiger partial charge in [0.15, 0.2) is 0 Å². The number of hydrogen-bond acceptors (Lipinski definition) is 32. The van der Waals surface area contributed by atoms with E-state index in [2.05, 4.69) is 137 Å². The number of rotatable bonds is 4. The van der Waals surface area contributed by atoms with Gasteiger partial charge in [0.25, 0.3) is 0 Å². The zero-order valence-corrected chi connectivity index (χ0v) is 53.6. The van der Waals surface area contributed by atoms with Crippen LogP contribution in [-0.4, -0.2) is 153 Å². The Morgan fingerprint density at radius 2 is 0.330 bits per heavy atom. The molecule has 0 saturated carbocycles. The second kappa shape index (κ2) is 60.0. The van der Waals surface area contributed by atoms with Crippen LogP contribution >= 0.6 is 0 Å². The van der Waals surface area contributed by atoms with Crippen molar-refractivity contribution in [2.24, 2.45) is 0 Å². The topological polar surface area (TPSA) is 735 Å². The van der Waals surface area contributed by atoms with Crippen molar-refractivity contribution in [1.82, 2.24) is 39.9 Å². The first-order valence-electron chi connectivity index (χ1n) is 24.6. The van der Waals surface area contributed by atoms with E-state index in [9.17, 15) is 0 Å². The molecule has 0 aliphatic heterocycles. The zero-order valence-electron chi connectivity index (χ0n) is 49.8. The monoisotopic (exact) mass is 1590 g/mol. The van der Waals surface area contributed by atoms with Crippen LogP contribution in [0, 0.1) is 61.3 Å². The molecule has 4 aromatic carbocycles. The number of carbonyl (C=O) groups excluding carboxylic acids is 4. The minimum atomic E-state index is -1.75. The van der Waals surface area contributed by atoms with Crippen molar-refractivity contribution in [3.05, 3.63) is 256 Å². The number of aliphatic hydroxyl groups excluding tert-OH is 4. The maximum Gasteiger partial charge on any atom is 2.00 e. The van der Waals surface area contributed by atoms with Gasteiger partial charge in [-0.05, 0) is 48.5 Å². The Balaban J connectivity index is -0.000000159. The molecular formula is C56H52Cu4N12O28. The second-order valence-corrected chi connectivity index (χ2v) is 15.9. The van der Waals surface area contributed by atoms with E-state index >= 15 is 0 Å². The van der Waals surface area contributed by atoms with Crippen LogP contribution in [0.3, 0.4) is 0 Å². The minimum absolute atomic E-state index is 0. The van der Waals surface area contributed by atoms with Crippen LogP contribution < -0.4 is 20.4 Å². The van der Waals surface area contributed by atoms with Gasteiger partial charge < -0.3 is 143 Å². The molecule has 40 nitrogen and oxygen atoms in total. The molecule has 0 spiro atoms. The molecule has 12 N–H and O–H groups in total. The van der Waals surface area contributed by atoms with Crippen molar-refractivity contribution in [2.45, 2.75) is 0 Å². The molecule has 548 valence electrons. The van der Waals surface area contributed by atoms with E-state index in [1.165, 1.54) is 0 Å². The number of pyridine rings is 8. The molecule has 0 aliphatic carbocycles. The van der Waals surface area contributed by atoms with E-state index in [1.807, 2.05) is 48.5 Å². The predicted molar refractivity (Wildman–Crippen MR) is 332 cm³/mol. The molecule has 8 aromatic heterocycles. The van der Waals surface area contributed by atoms with Crippen LogP contribution in [0.2, 0.25) is 0 Å². The Hall–Kier alpha value is -11.4. The zero-order chi connectivity index (χ0) is 69.0. The third-order valence-corrected chi connectivity index (χ3v) is 9.89. The summed E-state index contributed by atoms with van der Waals surface area (Å²) < 4.78 is 0. The van der Waals surface area contributed by atoms with Gasteiger partial charge in [-0.25, -0.2) is 0 Å². The summed E-state index contributed by atoms with van der Waals surface area (Å²) >= 11 is 0. The Morgan fingerprint density at radius 1 is 0.250 bits per heavy atom. The number of benzene rings is 4. The van der Waals surface area contributed by atoms with Gasteiger partial charge in [0.2, 0.25) is 0 Å². The molecule has 0 bridgehead atoms. The number of hydrogen-bond donors (Lipinski definition) is 4. The first-order chi connectivity index (χ1) is 43.8. The van der Waals surface area contributed by atoms with E-state index in [1.54, 1.807) is 49.6 Å². The molecule has 0 atom stereocenters. The van der Waals surface area contributed by atoms with E-state index in [-0.39, 0.29) is 90.2 Å². The third kappa shape index (κ3) is 43.6. The molecule has 8 heterocycles. The SMILES string of the molecule is O.O.O.O.O=C([O-])CO.O=C([O-])CO.O=C([O-])CO.O=C([O-])CO.O=[N+]([O-])[O-].O=[N+]([O-])[O-].O=[N+]([O-])[O-].O=[N+]([O-])[O-].[Cu+2].[Cu+2].[Cu+2].[Cu+2].c1cnc2c(c1)ccc1cccnc12.c1cnc2c(c1)ccc1cccnc12.c1cnc2c(c1)ccc1cccnc12.c1cnc2c(c1)ccc1cccnc12. The van der Waals surface area contributed by atoms with Crippen molar-refractivity contribution in [3.8, 4) is 0 Å². The quantitative estimate of drug-likeness (QED) is 0.0627. The number of aliphatic carboxylic acids is 4. The molecule has 0 saturated heterocycles. The van der Waals surface area contributed by atoms with Gasteiger partial charge in [-0.1, -0.05) is 97.1 Å². The second-order valence-electron chi connectivity index (χ2n) is 15.9. The number of carboxylic acid groups (broad SMARTS) is 4. The van der Waals surface area contributed by atoms with Gasteiger partial charge in [-0.2, -0.15) is 0 Å². The average molecular weight is 1600 g/mol. The molecule has 0 fully saturated rings. The van der Waals surface area contributed by atoms with Gasteiger partial charge in [0, 0.05) is 92.7 Å². The van der Waals surface area contributed by atoms with Crippen LogP contribution in [0.5, 0.6) is 0 Å². The molecular weight excluding hydrogens is 1540 g/mol. The van der Waals surface area contributed by atoms with E-state index < -0.39 is 70.7 Å². The molecule has 100 heavy (non-hydrogen) atoms. The minimum Gasteiger partial charge on any atom is -0.548 e. The van der Waals surface area contributed by atoms with Gasteiger partial charge in [0.1, 0.15) is 0 Å². The van der Waals surface area contributed by atoms with Crippen molar-refractivity contribution < 1.29 is 171 Å². The number of aromatic nitrogens is 8. The fourth-order valence-electron chi connectivity index (χ4n) is 6.72. The molecule has 12 aromatic rings. The van der Waals surface area contributed by atoms with Gasteiger partial charge in [-0.3, -0.25) is 39.9 Å². The summed E-state index contributed by atoms with van der Waals surface area (Å²) in [6, 6.07) is 48.6. The van der Waals surface area contributed by atoms with Gasteiger partial charge >= 0.3 is 68.3 Å². The number of carboxylic acids is 4. The fraction of sp³-hybridized carbons (Fsp3) is 0.0714. The third-order valence-electron chi connectivity index (χ3n) is 9.89.